The largest absolute Gasteiger partial charge is 0.382 e. The van der Waals surface area contributed by atoms with Gasteiger partial charge in [0.15, 0.2) is 0 Å². The highest BCUT2D eigenvalue weighted by Crippen LogP contribution is 2.27. The van der Waals surface area contributed by atoms with E-state index in [0.29, 0.717) is 11.4 Å². The van der Waals surface area contributed by atoms with Crippen LogP contribution >= 0.6 is 45.2 Å². The zero-order valence-electron chi connectivity index (χ0n) is 23.3. The number of hydrogen-bond acceptors (Lipinski definition) is 10. The van der Waals surface area contributed by atoms with Gasteiger partial charge in [0.1, 0.15) is 35.0 Å². The summed E-state index contributed by atoms with van der Waals surface area (Å²) in [6.07, 6.45) is 12.5. The Hall–Kier alpha value is -4.05. The van der Waals surface area contributed by atoms with Crippen LogP contribution in [-0.4, -0.2) is 36.5 Å². The molecule has 2 aromatic carbocycles. The zero-order chi connectivity index (χ0) is 30.6. The molecule has 4 heterocycles. The number of aromatic nitrogens is 6. The van der Waals surface area contributed by atoms with Gasteiger partial charge in [-0.15, -0.1) is 0 Å². The minimum Gasteiger partial charge on any atom is -0.382 e. The Morgan fingerprint density at radius 1 is 0.727 bits per heavy atom. The van der Waals surface area contributed by atoms with Crippen molar-refractivity contribution in [2.45, 2.75) is 34.1 Å². The molecule has 4 aromatic heterocycles. The highest BCUT2D eigenvalue weighted by atomic mass is 127. The van der Waals surface area contributed by atoms with Gasteiger partial charge in [0.05, 0.1) is 19.0 Å². The van der Waals surface area contributed by atoms with Crippen molar-refractivity contribution in [1.82, 2.24) is 30.2 Å². The Morgan fingerprint density at radius 2 is 1.25 bits per heavy atom. The van der Waals surface area contributed by atoms with E-state index < -0.39 is 0 Å². The molecular formula is C32H31I2N7O3. The predicted molar refractivity (Wildman–Crippen MR) is 187 cm³/mol. The maximum absolute atomic E-state index is 10.5. The van der Waals surface area contributed by atoms with Crippen molar-refractivity contribution in [1.29, 1.82) is 0 Å². The van der Waals surface area contributed by atoms with Crippen LogP contribution in [0.15, 0.2) is 94.8 Å². The molecule has 0 radical (unpaired) electrons. The smallest absolute Gasteiger partial charge is 0.150 e. The molecule has 12 heteroatoms. The van der Waals surface area contributed by atoms with Gasteiger partial charge in [0, 0.05) is 47.7 Å². The summed E-state index contributed by atoms with van der Waals surface area (Å²) in [6, 6.07) is 15.7. The van der Waals surface area contributed by atoms with Crippen LogP contribution in [0, 0.1) is 21.0 Å². The lowest BCUT2D eigenvalue weighted by molar-refractivity contribution is 0.112. The maximum Gasteiger partial charge on any atom is 0.150 e. The van der Waals surface area contributed by atoms with Crippen LogP contribution in [0.25, 0.3) is 22.5 Å². The lowest BCUT2D eigenvalue weighted by Gasteiger charge is -2.03. The lowest BCUT2D eigenvalue weighted by atomic mass is 10.0. The minimum absolute atomic E-state index is 0. The van der Waals surface area contributed by atoms with Crippen LogP contribution in [-0.2, 0) is 12.8 Å². The number of benzene rings is 2. The number of anilines is 1. The summed E-state index contributed by atoms with van der Waals surface area (Å²) in [4.78, 5) is 26.2. The summed E-state index contributed by atoms with van der Waals surface area (Å²) in [6.45, 7) is 3.80. The average molecular weight is 815 g/mol. The molecular weight excluding hydrogens is 784 g/mol. The van der Waals surface area contributed by atoms with E-state index in [-0.39, 0.29) is 7.43 Å². The Bertz CT molecular complexity index is 1730. The van der Waals surface area contributed by atoms with Gasteiger partial charge in [-0.3, -0.25) is 19.7 Å². The number of rotatable bonds is 6. The maximum atomic E-state index is 10.5. The molecule has 44 heavy (non-hydrogen) atoms. The number of carbonyl (C=O) groups is 1. The number of hydrogen-bond donors (Lipinski definition) is 1. The summed E-state index contributed by atoms with van der Waals surface area (Å²) in [5.74, 6) is 2.13. The molecule has 6 aromatic rings. The van der Waals surface area contributed by atoms with Gasteiger partial charge >= 0.3 is 0 Å². The SMILES string of the molecule is C.Cc1onc(-c2ccc(C=O)cc2)c1I.Cc1onc(-c2ccc(CCc3cnccn3)cc2)c1I.Nc1cnccn1. The fraction of sp³-hybridized carbons (Fsp3) is 0.156. The molecule has 10 nitrogen and oxygen atoms in total. The third-order valence-electron chi connectivity index (χ3n) is 6.00. The Kier molecular flexibility index (Phi) is 13.5. The van der Waals surface area contributed by atoms with Gasteiger partial charge in [0.2, 0.25) is 0 Å². The molecule has 0 saturated carbocycles. The monoisotopic (exact) mass is 815 g/mol. The molecule has 0 amide bonds. The van der Waals surface area contributed by atoms with Gasteiger partial charge in [-0.05, 0) is 77.4 Å². The number of aldehydes is 1. The Morgan fingerprint density at radius 3 is 1.64 bits per heavy atom. The fourth-order valence-corrected chi connectivity index (χ4v) is 4.69. The first-order chi connectivity index (χ1) is 20.9. The average Bonchev–Trinajstić information content (AvgIpc) is 3.57. The second kappa shape index (κ2) is 17.3. The molecule has 0 bridgehead atoms. The van der Waals surface area contributed by atoms with E-state index in [1.807, 2.05) is 32.2 Å². The first-order valence-electron chi connectivity index (χ1n) is 13.0. The third-order valence-corrected chi connectivity index (χ3v) is 8.54. The normalized spacial score (nSPS) is 10.0. The van der Waals surface area contributed by atoms with Crippen molar-refractivity contribution in [3.63, 3.8) is 0 Å². The van der Waals surface area contributed by atoms with Crippen LogP contribution in [0.2, 0.25) is 0 Å². The summed E-state index contributed by atoms with van der Waals surface area (Å²) < 4.78 is 12.4. The van der Waals surface area contributed by atoms with Gasteiger partial charge in [0.25, 0.3) is 0 Å². The molecule has 0 atom stereocenters. The first-order valence-corrected chi connectivity index (χ1v) is 15.2. The number of nitrogen functional groups attached to an aromatic ring is 1. The molecule has 6 rings (SSSR count). The molecule has 226 valence electrons. The van der Waals surface area contributed by atoms with Crippen molar-refractivity contribution >= 4 is 57.3 Å². The quantitative estimate of drug-likeness (QED) is 0.132. The number of carbonyl (C=O) groups excluding carboxylic acids is 1. The highest BCUT2D eigenvalue weighted by molar-refractivity contribution is 14.1. The van der Waals surface area contributed by atoms with Gasteiger partial charge in [-0.2, -0.15) is 0 Å². The predicted octanol–water partition coefficient (Wildman–Crippen LogP) is 7.59. The Balaban J connectivity index is 0.000000200. The number of nitrogens with two attached hydrogens (primary N) is 1. The van der Waals surface area contributed by atoms with Gasteiger partial charge < -0.3 is 14.8 Å². The van der Waals surface area contributed by atoms with E-state index >= 15 is 0 Å². The molecule has 0 spiro atoms. The summed E-state index contributed by atoms with van der Waals surface area (Å²) in [7, 11) is 0. The highest BCUT2D eigenvalue weighted by Gasteiger charge is 2.12. The van der Waals surface area contributed by atoms with E-state index in [0.717, 1.165) is 66.0 Å². The van der Waals surface area contributed by atoms with E-state index in [1.54, 1.807) is 36.9 Å². The van der Waals surface area contributed by atoms with E-state index in [4.69, 9.17) is 14.8 Å². The van der Waals surface area contributed by atoms with Crippen molar-refractivity contribution < 1.29 is 13.8 Å². The standard InChI is InChI=1S/C16H14IN3O.C11H8INO2.C4H5N3.CH4/c1-11-15(17)16(20-21-11)13-5-2-12(3-6-13)4-7-14-10-18-8-9-19-14;1-7-10(12)11(13-15-7)9-4-2-8(6-14)3-5-9;5-4-3-6-1-2-7-4;/h2-3,5-6,8-10H,4,7H2,1H3;2-6H,1H3;1-3H,(H2,5,7);1H4. The molecule has 0 fully saturated rings. The van der Waals surface area contributed by atoms with Crippen LogP contribution in [0.5, 0.6) is 0 Å². The second-order valence-corrected chi connectivity index (χ2v) is 11.2. The van der Waals surface area contributed by atoms with Crippen LogP contribution in [0.3, 0.4) is 0 Å². The summed E-state index contributed by atoms with van der Waals surface area (Å²) in [5.41, 5.74) is 11.9. The van der Waals surface area contributed by atoms with Crippen LogP contribution in [0.4, 0.5) is 5.82 Å². The topological polar surface area (TPSA) is 147 Å². The molecule has 0 unspecified atom stereocenters. The molecule has 0 saturated heterocycles. The van der Waals surface area contributed by atoms with Gasteiger partial charge in [-0.25, -0.2) is 4.98 Å². The van der Waals surface area contributed by atoms with Crippen LogP contribution in [0.1, 0.15) is 40.6 Å². The van der Waals surface area contributed by atoms with E-state index in [2.05, 4.69) is 99.7 Å². The minimum atomic E-state index is 0. The zero-order valence-corrected chi connectivity index (χ0v) is 27.6. The van der Waals surface area contributed by atoms with E-state index in [9.17, 15) is 4.79 Å². The fourth-order valence-electron chi connectivity index (χ4n) is 3.67. The molecule has 0 aliphatic carbocycles. The summed E-state index contributed by atoms with van der Waals surface area (Å²) >= 11 is 4.46. The molecule has 0 aliphatic heterocycles. The van der Waals surface area contributed by atoms with Crippen LogP contribution < -0.4 is 5.73 Å². The van der Waals surface area contributed by atoms with Crippen molar-refractivity contribution in [2.24, 2.45) is 0 Å². The van der Waals surface area contributed by atoms with Crippen molar-refractivity contribution in [2.75, 3.05) is 5.73 Å². The second-order valence-electron chi connectivity index (χ2n) is 9.07. The number of halogens is 2. The lowest BCUT2D eigenvalue weighted by Crippen LogP contribution is -1.94. The van der Waals surface area contributed by atoms with Crippen molar-refractivity contribution in [3.8, 4) is 22.5 Å². The third kappa shape index (κ3) is 9.74. The molecule has 2 N–H and O–H groups in total. The van der Waals surface area contributed by atoms with E-state index in [1.165, 1.54) is 11.8 Å². The Labute approximate surface area is 283 Å². The number of nitrogens with zero attached hydrogens (tertiary/aromatic N) is 6. The van der Waals surface area contributed by atoms with Crippen molar-refractivity contribution in [3.05, 3.63) is 121 Å². The first kappa shape index (κ1) is 34.4. The molecule has 0 aliphatic rings. The number of aryl methyl sites for hydroxylation is 4. The van der Waals surface area contributed by atoms with Gasteiger partial charge in [-0.1, -0.05) is 66.3 Å². The summed E-state index contributed by atoms with van der Waals surface area (Å²) in [5, 5.41) is 8.08.